The van der Waals surface area contributed by atoms with E-state index in [4.69, 9.17) is 10.9 Å². The lowest BCUT2D eigenvalue weighted by Crippen LogP contribution is -2.37. The summed E-state index contributed by atoms with van der Waals surface area (Å²) in [6.07, 6.45) is 1.58. The minimum atomic E-state index is -0.575. The lowest BCUT2D eigenvalue weighted by molar-refractivity contribution is 0.111. The average Bonchev–Trinajstić information content (AvgIpc) is 2.96. The zero-order chi connectivity index (χ0) is 13.6. The Labute approximate surface area is 110 Å². The highest BCUT2D eigenvalue weighted by molar-refractivity contribution is 5.97. The quantitative estimate of drug-likeness (QED) is 0.290. The number of amidine groups is 1. The molecule has 2 aromatic rings. The van der Waals surface area contributed by atoms with Crippen LogP contribution in [0.4, 0.5) is 0 Å². The number of rotatable bonds is 3. The molecule has 0 saturated heterocycles. The largest absolute Gasteiger partial charge is 0.409 e. The number of aromatic nitrogens is 1. The number of para-hydroxylation sites is 1. The fourth-order valence-electron chi connectivity index (χ4n) is 2.99. The summed E-state index contributed by atoms with van der Waals surface area (Å²) in [5.41, 5.74) is 6.78. The fourth-order valence-corrected chi connectivity index (χ4v) is 2.99. The van der Waals surface area contributed by atoms with Gasteiger partial charge < -0.3 is 15.5 Å². The van der Waals surface area contributed by atoms with E-state index in [0.717, 1.165) is 23.6 Å². The normalized spacial score (nSPS) is 26.6. The van der Waals surface area contributed by atoms with Gasteiger partial charge in [0.25, 0.3) is 0 Å². The second-order valence-electron chi connectivity index (χ2n) is 5.10. The Morgan fingerprint density at radius 1 is 1.58 bits per heavy atom. The van der Waals surface area contributed by atoms with Crippen molar-refractivity contribution in [2.75, 3.05) is 0 Å². The van der Waals surface area contributed by atoms with E-state index < -0.39 is 5.54 Å². The summed E-state index contributed by atoms with van der Waals surface area (Å²) < 4.78 is 1.90. The summed E-state index contributed by atoms with van der Waals surface area (Å²) in [6, 6.07) is 9.57. The highest BCUT2D eigenvalue weighted by Crippen LogP contribution is 2.52. The van der Waals surface area contributed by atoms with E-state index in [1.54, 1.807) is 0 Å². The third kappa shape index (κ3) is 1.41. The SMILES string of the molecule is CC1CC1(/C(N)=N/O)n1c(C=O)cc2ccccc21. The van der Waals surface area contributed by atoms with Crippen LogP contribution in [0, 0.1) is 5.92 Å². The van der Waals surface area contributed by atoms with Gasteiger partial charge in [0.05, 0.1) is 5.69 Å². The molecule has 3 N–H and O–H groups in total. The van der Waals surface area contributed by atoms with E-state index in [1.165, 1.54) is 0 Å². The van der Waals surface area contributed by atoms with Crippen molar-refractivity contribution in [1.29, 1.82) is 0 Å². The molecular weight excluding hydrogens is 242 g/mol. The lowest BCUT2D eigenvalue weighted by Gasteiger charge is -2.20. The molecule has 1 aliphatic rings. The smallest absolute Gasteiger partial charge is 0.166 e. The van der Waals surface area contributed by atoms with Gasteiger partial charge in [0.1, 0.15) is 5.54 Å². The summed E-state index contributed by atoms with van der Waals surface area (Å²) in [5, 5.41) is 13.2. The van der Waals surface area contributed by atoms with Crippen molar-refractivity contribution < 1.29 is 10.0 Å². The number of hydrogen-bond donors (Lipinski definition) is 2. The number of oxime groups is 1. The molecule has 1 heterocycles. The van der Waals surface area contributed by atoms with Crippen molar-refractivity contribution in [2.45, 2.75) is 18.9 Å². The number of carbonyl (C=O) groups is 1. The zero-order valence-electron chi connectivity index (χ0n) is 10.6. The van der Waals surface area contributed by atoms with Crippen molar-refractivity contribution in [2.24, 2.45) is 16.8 Å². The maximum Gasteiger partial charge on any atom is 0.166 e. The van der Waals surface area contributed by atoms with Gasteiger partial charge in [-0.2, -0.15) is 0 Å². The molecule has 1 aliphatic carbocycles. The predicted octanol–water partition coefficient (Wildman–Crippen LogP) is 1.94. The van der Waals surface area contributed by atoms with Crippen LogP contribution in [-0.2, 0) is 5.54 Å². The van der Waals surface area contributed by atoms with Crippen molar-refractivity contribution in [1.82, 2.24) is 4.57 Å². The molecule has 5 nitrogen and oxygen atoms in total. The topological polar surface area (TPSA) is 80.6 Å². The van der Waals surface area contributed by atoms with Crippen LogP contribution in [0.1, 0.15) is 23.8 Å². The van der Waals surface area contributed by atoms with Crippen LogP contribution in [0.5, 0.6) is 0 Å². The second kappa shape index (κ2) is 3.85. The van der Waals surface area contributed by atoms with Crippen molar-refractivity contribution in [3.05, 3.63) is 36.0 Å². The monoisotopic (exact) mass is 257 g/mol. The van der Waals surface area contributed by atoms with E-state index in [1.807, 2.05) is 41.8 Å². The van der Waals surface area contributed by atoms with Crippen LogP contribution in [0.15, 0.2) is 35.5 Å². The van der Waals surface area contributed by atoms with Gasteiger partial charge in [-0.1, -0.05) is 30.3 Å². The summed E-state index contributed by atoms with van der Waals surface area (Å²) in [6.45, 7) is 2.03. The first-order chi connectivity index (χ1) is 9.15. The molecule has 2 atom stereocenters. The minimum Gasteiger partial charge on any atom is -0.409 e. The first-order valence-corrected chi connectivity index (χ1v) is 6.19. The van der Waals surface area contributed by atoms with Gasteiger partial charge >= 0.3 is 0 Å². The van der Waals surface area contributed by atoms with Gasteiger partial charge in [-0.3, -0.25) is 4.79 Å². The molecular formula is C14H15N3O2. The third-order valence-electron chi connectivity index (χ3n) is 4.08. The number of nitrogens with two attached hydrogens (primary N) is 1. The highest BCUT2D eigenvalue weighted by Gasteiger charge is 2.58. The van der Waals surface area contributed by atoms with Crippen molar-refractivity contribution in [3.8, 4) is 0 Å². The Balaban J connectivity index is 2.33. The van der Waals surface area contributed by atoms with Crippen molar-refractivity contribution >= 4 is 23.0 Å². The molecule has 0 aliphatic heterocycles. The Bertz CT molecular complexity index is 689. The number of fused-ring (bicyclic) bond motifs is 1. The number of hydrogen-bond acceptors (Lipinski definition) is 3. The zero-order valence-corrected chi connectivity index (χ0v) is 10.6. The Morgan fingerprint density at radius 3 is 2.84 bits per heavy atom. The fraction of sp³-hybridized carbons (Fsp3) is 0.286. The summed E-state index contributed by atoms with van der Waals surface area (Å²) >= 11 is 0. The molecule has 5 heteroatoms. The second-order valence-corrected chi connectivity index (χ2v) is 5.10. The van der Waals surface area contributed by atoms with Gasteiger partial charge in [-0.25, -0.2) is 0 Å². The molecule has 1 aromatic carbocycles. The van der Waals surface area contributed by atoms with Gasteiger partial charge in [0.2, 0.25) is 0 Å². The molecule has 3 rings (SSSR count). The molecule has 0 spiro atoms. The van der Waals surface area contributed by atoms with E-state index >= 15 is 0 Å². The summed E-state index contributed by atoms with van der Waals surface area (Å²) in [4.78, 5) is 11.3. The molecule has 1 saturated carbocycles. The number of aldehydes is 1. The van der Waals surface area contributed by atoms with Crippen LogP contribution >= 0.6 is 0 Å². The van der Waals surface area contributed by atoms with Crippen LogP contribution in [0.3, 0.4) is 0 Å². The van der Waals surface area contributed by atoms with Crippen LogP contribution < -0.4 is 5.73 Å². The molecule has 19 heavy (non-hydrogen) atoms. The van der Waals surface area contributed by atoms with Gasteiger partial charge in [-0.05, 0) is 24.5 Å². The maximum atomic E-state index is 11.3. The molecule has 1 fully saturated rings. The molecule has 0 bridgehead atoms. The first kappa shape index (κ1) is 11.8. The summed E-state index contributed by atoms with van der Waals surface area (Å²) in [7, 11) is 0. The molecule has 1 aromatic heterocycles. The predicted molar refractivity (Wildman–Crippen MR) is 72.5 cm³/mol. The highest BCUT2D eigenvalue weighted by atomic mass is 16.4. The molecule has 2 unspecified atom stereocenters. The number of nitrogens with zero attached hydrogens (tertiary/aromatic N) is 2. The Kier molecular flexibility index (Phi) is 2.38. The molecule has 0 radical (unpaired) electrons. The van der Waals surface area contributed by atoms with Crippen LogP contribution in [0.25, 0.3) is 10.9 Å². The van der Waals surface area contributed by atoms with Gasteiger partial charge in [0.15, 0.2) is 12.1 Å². The first-order valence-electron chi connectivity index (χ1n) is 6.19. The number of benzene rings is 1. The molecule has 98 valence electrons. The minimum absolute atomic E-state index is 0.157. The van der Waals surface area contributed by atoms with E-state index in [2.05, 4.69) is 5.16 Å². The van der Waals surface area contributed by atoms with E-state index in [9.17, 15) is 4.79 Å². The van der Waals surface area contributed by atoms with Gasteiger partial charge in [-0.15, -0.1) is 0 Å². The standard InChI is InChI=1S/C14H15N3O2/c1-9-7-14(9,13(15)16-19)17-11(8-18)6-10-4-2-3-5-12(10)17/h2-6,8-9,19H,7H2,1H3,(H2,15,16). The van der Waals surface area contributed by atoms with Crippen molar-refractivity contribution in [3.63, 3.8) is 0 Å². The van der Waals surface area contributed by atoms with Crippen LogP contribution in [0.2, 0.25) is 0 Å². The summed E-state index contributed by atoms with van der Waals surface area (Å²) in [5.74, 6) is 0.391. The maximum absolute atomic E-state index is 11.3. The number of carbonyl (C=O) groups excluding carboxylic acids is 1. The molecule has 0 amide bonds. The third-order valence-corrected chi connectivity index (χ3v) is 4.08. The van der Waals surface area contributed by atoms with Crippen LogP contribution in [-0.4, -0.2) is 21.9 Å². The lowest BCUT2D eigenvalue weighted by atomic mass is 10.1. The Morgan fingerprint density at radius 2 is 2.26 bits per heavy atom. The van der Waals surface area contributed by atoms with E-state index in [0.29, 0.717) is 5.69 Å². The average molecular weight is 257 g/mol. The van der Waals surface area contributed by atoms with E-state index in [-0.39, 0.29) is 11.8 Å². The Hall–Kier alpha value is -2.30. The van der Waals surface area contributed by atoms with Gasteiger partial charge in [0, 0.05) is 10.9 Å².